The molecule has 0 aromatic heterocycles. The molecule has 1 unspecified atom stereocenters. The quantitative estimate of drug-likeness (QED) is 0.791. The number of hydrogen-bond donors (Lipinski definition) is 2. The van der Waals surface area contributed by atoms with E-state index in [1.807, 2.05) is 6.07 Å². The first-order valence-electron chi connectivity index (χ1n) is 9.01. The number of hydrogen-bond acceptors (Lipinski definition) is 5. The number of amides is 3. The molecule has 3 rings (SSSR count). The number of nitriles is 1. The summed E-state index contributed by atoms with van der Waals surface area (Å²) >= 11 is 1.53. The zero-order valence-electron chi connectivity index (χ0n) is 15.8. The Hall–Kier alpha value is -3.31. The summed E-state index contributed by atoms with van der Waals surface area (Å²) in [4.78, 5) is 38.2. The van der Waals surface area contributed by atoms with Gasteiger partial charge in [0, 0.05) is 30.5 Å². The molecule has 1 heterocycles. The number of nitrogens with one attached hydrogen (secondary N) is 2. The van der Waals surface area contributed by atoms with E-state index in [1.54, 1.807) is 53.4 Å². The lowest BCUT2D eigenvalue weighted by molar-refractivity contribution is -0.120. The molecule has 2 aromatic carbocycles. The number of carbonyl (C=O) groups excluding carboxylic acids is 3. The summed E-state index contributed by atoms with van der Waals surface area (Å²) in [6, 6.07) is 15.0. The standard InChI is InChI=1S/C21H20N4O3S/c1-14(26)23-11-16-2-6-17(7-3-16)21(28)25-13-29-12-19(25)20(27)24-18-8-4-15(10-22)5-9-18/h2-9,19H,11-13H2,1H3,(H,23,26)(H,24,27). The van der Waals surface area contributed by atoms with Crippen molar-refractivity contribution in [3.63, 3.8) is 0 Å². The number of benzene rings is 2. The molecular formula is C21H20N4O3S. The summed E-state index contributed by atoms with van der Waals surface area (Å²) < 4.78 is 0. The van der Waals surface area contributed by atoms with Gasteiger partial charge in [-0.1, -0.05) is 12.1 Å². The lowest BCUT2D eigenvalue weighted by atomic mass is 10.1. The summed E-state index contributed by atoms with van der Waals surface area (Å²) in [7, 11) is 0. The number of rotatable bonds is 5. The van der Waals surface area contributed by atoms with Crippen LogP contribution in [-0.2, 0) is 16.1 Å². The number of thioether (sulfide) groups is 1. The van der Waals surface area contributed by atoms with Crippen molar-refractivity contribution in [1.82, 2.24) is 10.2 Å². The lowest BCUT2D eigenvalue weighted by Crippen LogP contribution is -2.44. The molecule has 29 heavy (non-hydrogen) atoms. The maximum Gasteiger partial charge on any atom is 0.255 e. The Kier molecular flexibility index (Phi) is 6.52. The second kappa shape index (κ2) is 9.26. The molecule has 148 valence electrons. The molecule has 1 aliphatic heterocycles. The van der Waals surface area contributed by atoms with Gasteiger partial charge in [0.25, 0.3) is 5.91 Å². The monoisotopic (exact) mass is 408 g/mol. The Bertz CT molecular complexity index is 951. The molecule has 0 spiro atoms. The van der Waals surface area contributed by atoms with Gasteiger partial charge in [0.1, 0.15) is 6.04 Å². The third kappa shape index (κ3) is 5.15. The summed E-state index contributed by atoms with van der Waals surface area (Å²) in [6.45, 7) is 1.85. The fourth-order valence-corrected chi connectivity index (χ4v) is 4.03. The van der Waals surface area contributed by atoms with E-state index in [4.69, 9.17) is 5.26 Å². The van der Waals surface area contributed by atoms with E-state index in [-0.39, 0.29) is 17.7 Å². The predicted molar refractivity (Wildman–Crippen MR) is 111 cm³/mol. The molecule has 3 amide bonds. The first-order chi connectivity index (χ1) is 14.0. The van der Waals surface area contributed by atoms with E-state index < -0.39 is 6.04 Å². The van der Waals surface area contributed by atoms with Crippen molar-refractivity contribution in [2.45, 2.75) is 19.5 Å². The van der Waals surface area contributed by atoms with Gasteiger partial charge in [-0.15, -0.1) is 11.8 Å². The third-order valence-electron chi connectivity index (χ3n) is 4.47. The van der Waals surface area contributed by atoms with Gasteiger partial charge in [-0.05, 0) is 42.0 Å². The summed E-state index contributed by atoms with van der Waals surface area (Å²) in [5, 5.41) is 14.4. The van der Waals surface area contributed by atoms with Gasteiger partial charge in [0.05, 0.1) is 17.5 Å². The Morgan fingerprint density at radius 1 is 1.14 bits per heavy atom. The van der Waals surface area contributed by atoms with E-state index in [0.29, 0.717) is 35.0 Å². The summed E-state index contributed by atoms with van der Waals surface area (Å²) in [5.41, 5.74) is 2.48. The van der Waals surface area contributed by atoms with Crippen LogP contribution < -0.4 is 10.6 Å². The van der Waals surface area contributed by atoms with Gasteiger partial charge < -0.3 is 15.5 Å². The van der Waals surface area contributed by atoms with E-state index in [2.05, 4.69) is 10.6 Å². The Labute approximate surface area is 173 Å². The fraction of sp³-hybridized carbons (Fsp3) is 0.238. The first-order valence-corrected chi connectivity index (χ1v) is 10.2. The fourth-order valence-electron chi connectivity index (χ4n) is 2.87. The second-order valence-electron chi connectivity index (χ2n) is 6.58. The molecule has 1 saturated heterocycles. The van der Waals surface area contributed by atoms with Crippen LogP contribution in [0.4, 0.5) is 5.69 Å². The average molecular weight is 408 g/mol. The maximum atomic E-state index is 12.9. The van der Waals surface area contributed by atoms with E-state index >= 15 is 0 Å². The van der Waals surface area contributed by atoms with Gasteiger partial charge in [0.2, 0.25) is 11.8 Å². The van der Waals surface area contributed by atoms with Crippen molar-refractivity contribution in [3.8, 4) is 6.07 Å². The number of anilines is 1. The molecule has 0 saturated carbocycles. The van der Waals surface area contributed by atoms with Gasteiger partial charge in [-0.3, -0.25) is 14.4 Å². The molecule has 0 radical (unpaired) electrons. The molecule has 8 heteroatoms. The average Bonchev–Trinajstić information content (AvgIpc) is 3.22. The molecule has 0 aliphatic carbocycles. The highest BCUT2D eigenvalue weighted by molar-refractivity contribution is 7.99. The molecule has 7 nitrogen and oxygen atoms in total. The normalized spacial score (nSPS) is 15.4. The highest BCUT2D eigenvalue weighted by Gasteiger charge is 2.35. The highest BCUT2D eigenvalue weighted by Crippen LogP contribution is 2.24. The molecule has 2 N–H and O–H groups in total. The van der Waals surface area contributed by atoms with Crippen molar-refractivity contribution < 1.29 is 14.4 Å². The zero-order valence-corrected chi connectivity index (χ0v) is 16.7. The SMILES string of the molecule is CC(=O)NCc1ccc(C(=O)N2CSCC2C(=O)Nc2ccc(C#N)cc2)cc1. The topological polar surface area (TPSA) is 102 Å². The lowest BCUT2D eigenvalue weighted by Gasteiger charge is -2.23. The largest absolute Gasteiger partial charge is 0.352 e. The van der Waals surface area contributed by atoms with Crippen LogP contribution in [0.15, 0.2) is 48.5 Å². The second-order valence-corrected chi connectivity index (χ2v) is 7.58. The Morgan fingerprint density at radius 2 is 1.83 bits per heavy atom. The van der Waals surface area contributed by atoms with Gasteiger partial charge >= 0.3 is 0 Å². The van der Waals surface area contributed by atoms with Crippen molar-refractivity contribution in [2.24, 2.45) is 0 Å². The summed E-state index contributed by atoms with van der Waals surface area (Å²) in [5.74, 6) is 0.388. The van der Waals surface area contributed by atoms with Crippen LogP contribution in [0, 0.1) is 11.3 Å². The van der Waals surface area contributed by atoms with Crippen molar-refractivity contribution >= 4 is 35.2 Å². The van der Waals surface area contributed by atoms with Crippen LogP contribution in [0.3, 0.4) is 0 Å². The smallest absolute Gasteiger partial charge is 0.255 e. The van der Waals surface area contributed by atoms with Crippen LogP contribution in [0.25, 0.3) is 0 Å². The van der Waals surface area contributed by atoms with Crippen molar-refractivity contribution in [2.75, 3.05) is 16.9 Å². The van der Waals surface area contributed by atoms with Gasteiger partial charge in [0.15, 0.2) is 0 Å². The first kappa shape index (κ1) is 20.4. The van der Waals surface area contributed by atoms with Crippen LogP contribution in [0.2, 0.25) is 0 Å². The van der Waals surface area contributed by atoms with Crippen LogP contribution in [0.1, 0.15) is 28.4 Å². The Balaban J connectivity index is 1.65. The van der Waals surface area contributed by atoms with Crippen molar-refractivity contribution in [1.29, 1.82) is 5.26 Å². The van der Waals surface area contributed by atoms with E-state index in [0.717, 1.165) is 5.56 Å². The number of nitrogens with zero attached hydrogens (tertiary/aromatic N) is 2. The van der Waals surface area contributed by atoms with Crippen molar-refractivity contribution in [3.05, 3.63) is 65.2 Å². The molecular weight excluding hydrogens is 388 g/mol. The maximum absolute atomic E-state index is 12.9. The molecule has 1 atom stereocenters. The molecule has 2 aromatic rings. The van der Waals surface area contributed by atoms with Crippen LogP contribution >= 0.6 is 11.8 Å². The van der Waals surface area contributed by atoms with E-state index in [9.17, 15) is 14.4 Å². The van der Waals surface area contributed by atoms with Gasteiger partial charge in [-0.25, -0.2) is 0 Å². The minimum atomic E-state index is -0.567. The minimum absolute atomic E-state index is 0.115. The van der Waals surface area contributed by atoms with Crippen LogP contribution in [0.5, 0.6) is 0 Å². The summed E-state index contributed by atoms with van der Waals surface area (Å²) in [6.07, 6.45) is 0. The minimum Gasteiger partial charge on any atom is -0.352 e. The zero-order chi connectivity index (χ0) is 20.8. The molecule has 1 aliphatic rings. The Morgan fingerprint density at radius 3 is 2.45 bits per heavy atom. The predicted octanol–water partition coefficient (Wildman–Crippen LogP) is 2.35. The van der Waals surface area contributed by atoms with E-state index in [1.165, 1.54) is 18.7 Å². The van der Waals surface area contributed by atoms with Gasteiger partial charge in [-0.2, -0.15) is 5.26 Å². The molecule has 1 fully saturated rings. The third-order valence-corrected chi connectivity index (χ3v) is 5.48. The molecule has 0 bridgehead atoms. The number of carbonyl (C=O) groups is 3. The highest BCUT2D eigenvalue weighted by atomic mass is 32.2. The van der Waals surface area contributed by atoms with Crippen LogP contribution in [-0.4, -0.2) is 40.3 Å².